The van der Waals surface area contributed by atoms with E-state index in [0.29, 0.717) is 0 Å². The maximum absolute atomic E-state index is 2.22. The lowest BCUT2D eigenvalue weighted by molar-refractivity contribution is 1.12. The highest BCUT2D eigenvalue weighted by molar-refractivity contribution is 5.38. The molecule has 0 aliphatic rings. The maximum atomic E-state index is 2.22. The number of benzene rings is 1. The molecule has 0 aliphatic carbocycles. The molecular formula is C11H15. The van der Waals surface area contributed by atoms with E-state index in [-0.39, 0.29) is 0 Å². The Balaban J connectivity index is 3.09. The molecule has 0 aromatic heterocycles. The van der Waals surface area contributed by atoms with Gasteiger partial charge in [0.05, 0.1) is 0 Å². The topological polar surface area (TPSA) is 0 Å². The summed E-state index contributed by atoms with van der Waals surface area (Å²) in [6, 6.07) is 6.58. The third-order valence-electron chi connectivity index (χ3n) is 1.92. The van der Waals surface area contributed by atoms with Crippen molar-refractivity contribution in [2.24, 2.45) is 0 Å². The lowest BCUT2D eigenvalue weighted by Gasteiger charge is -2.08. The summed E-state index contributed by atoms with van der Waals surface area (Å²) >= 11 is 0. The summed E-state index contributed by atoms with van der Waals surface area (Å²) in [4.78, 5) is 0. The molecule has 0 saturated heterocycles. The molecule has 0 unspecified atom stereocenters. The van der Waals surface area contributed by atoms with Gasteiger partial charge in [-0.1, -0.05) is 37.6 Å². The smallest absolute Gasteiger partial charge is 0.000933 e. The van der Waals surface area contributed by atoms with Gasteiger partial charge in [-0.2, -0.15) is 0 Å². The molecule has 1 radical (unpaired) electrons. The Bertz CT molecular complexity index is 246. The fraction of sp³-hybridized carbons (Fsp3) is 0.364. The van der Waals surface area contributed by atoms with Crippen LogP contribution in [0.2, 0.25) is 0 Å². The van der Waals surface area contributed by atoms with E-state index < -0.39 is 0 Å². The minimum atomic E-state index is 1.34. The molecule has 0 saturated carbocycles. The summed E-state index contributed by atoms with van der Waals surface area (Å²) in [7, 11) is 0. The molecule has 59 valence electrons. The third kappa shape index (κ3) is 1.83. The summed E-state index contributed by atoms with van der Waals surface area (Å²) in [6.45, 7) is 8.59. The highest BCUT2D eigenvalue weighted by Gasteiger charge is 2.01. The van der Waals surface area contributed by atoms with Gasteiger partial charge in [-0.15, -0.1) is 0 Å². The molecule has 0 atom stereocenters. The van der Waals surface area contributed by atoms with E-state index in [0.717, 1.165) is 0 Å². The molecule has 1 aromatic carbocycles. The van der Waals surface area contributed by atoms with Crippen molar-refractivity contribution >= 4 is 0 Å². The van der Waals surface area contributed by atoms with Crippen molar-refractivity contribution in [3.63, 3.8) is 0 Å². The van der Waals surface area contributed by atoms with Crippen LogP contribution in [0.3, 0.4) is 0 Å². The predicted octanol–water partition coefficient (Wildman–Crippen LogP) is 3.27. The van der Waals surface area contributed by atoms with Crippen LogP contribution in [-0.2, 0) is 0 Å². The zero-order chi connectivity index (χ0) is 8.43. The van der Waals surface area contributed by atoms with Gasteiger partial charge < -0.3 is 0 Å². The van der Waals surface area contributed by atoms with Crippen LogP contribution in [0, 0.1) is 19.8 Å². The summed E-state index contributed by atoms with van der Waals surface area (Å²) in [5.41, 5.74) is 4.10. The molecule has 0 aliphatic heterocycles. The maximum Gasteiger partial charge on any atom is -0.000933 e. The van der Waals surface area contributed by atoms with Crippen LogP contribution >= 0.6 is 0 Å². The second kappa shape index (κ2) is 3.08. The number of hydrogen-bond donors (Lipinski definition) is 0. The van der Waals surface area contributed by atoms with E-state index in [1.807, 2.05) is 0 Å². The van der Waals surface area contributed by atoms with Crippen LogP contribution < -0.4 is 0 Å². The first-order chi connectivity index (χ1) is 5.11. The van der Waals surface area contributed by atoms with Crippen molar-refractivity contribution in [2.75, 3.05) is 0 Å². The molecule has 11 heavy (non-hydrogen) atoms. The predicted molar refractivity (Wildman–Crippen MR) is 49.6 cm³/mol. The van der Waals surface area contributed by atoms with Crippen molar-refractivity contribution in [2.45, 2.75) is 27.7 Å². The first kappa shape index (κ1) is 8.32. The van der Waals surface area contributed by atoms with Gasteiger partial charge in [0, 0.05) is 0 Å². The summed E-state index contributed by atoms with van der Waals surface area (Å²) in [5, 5.41) is 0. The van der Waals surface area contributed by atoms with E-state index in [1.165, 1.54) is 22.6 Å². The second-order valence-corrected chi connectivity index (χ2v) is 3.32. The van der Waals surface area contributed by atoms with Crippen LogP contribution in [0.5, 0.6) is 0 Å². The van der Waals surface area contributed by atoms with Gasteiger partial charge in [0.2, 0.25) is 0 Å². The first-order valence-corrected chi connectivity index (χ1v) is 3.99. The van der Waals surface area contributed by atoms with Crippen LogP contribution in [0.15, 0.2) is 18.2 Å². The zero-order valence-corrected chi connectivity index (χ0v) is 7.73. The second-order valence-electron chi connectivity index (χ2n) is 3.32. The van der Waals surface area contributed by atoms with E-state index in [1.54, 1.807) is 0 Å². The third-order valence-corrected chi connectivity index (χ3v) is 1.92. The Morgan fingerprint density at radius 3 is 2.18 bits per heavy atom. The van der Waals surface area contributed by atoms with Crippen molar-refractivity contribution < 1.29 is 0 Å². The molecular weight excluding hydrogens is 132 g/mol. The number of rotatable bonds is 1. The molecule has 0 nitrogen and oxygen atoms in total. The molecule has 0 bridgehead atoms. The minimum absolute atomic E-state index is 1.34. The Kier molecular flexibility index (Phi) is 2.33. The molecule has 0 spiro atoms. The first-order valence-electron chi connectivity index (χ1n) is 3.99. The van der Waals surface area contributed by atoms with Gasteiger partial charge >= 0.3 is 0 Å². The van der Waals surface area contributed by atoms with Gasteiger partial charge in [0.1, 0.15) is 0 Å². The molecule has 0 N–H and O–H groups in total. The lowest BCUT2D eigenvalue weighted by Crippen LogP contribution is -1.92. The van der Waals surface area contributed by atoms with Crippen molar-refractivity contribution in [1.29, 1.82) is 0 Å². The van der Waals surface area contributed by atoms with Crippen molar-refractivity contribution in [3.8, 4) is 0 Å². The quantitative estimate of drug-likeness (QED) is 0.572. The zero-order valence-electron chi connectivity index (χ0n) is 7.73. The summed E-state index contributed by atoms with van der Waals surface area (Å²) in [5.74, 6) is 1.39. The van der Waals surface area contributed by atoms with E-state index in [9.17, 15) is 0 Å². The molecule has 1 aromatic rings. The van der Waals surface area contributed by atoms with Crippen LogP contribution in [0.25, 0.3) is 0 Å². The van der Waals surface area contributed by atoms with Crippen LogP contribution in [0.4, 0.5) is 0 Å². The van der Waals surface area contributed by atoms with Gasteiger partial charge in [0.25, 0.3) is 0 Å². The number of hydrogen-bond acceptors (Lipinski definition) is 0. The van der Waals surface area contributed by atoms with Gasteiger partial charge in [-0.25, -0.2) is 0 Å². The molecule has 0 heterocycles. The monoisotopic (exact) mass is 147 g/mol. The fourth-order valence-electron chi connectivity index (χ4n) is 1.37. The normalized spacial score (nSPS) is 10.6. The molecule has 0 amide bonds. The highest BCUT2D eigenvalue weighted by Crippen LogP contribution is 2.18. The van der Waals surface area contributed by atoms with E-state index in [2.05, 4.69) is 45.9 Å². The van der Waals surface area contributed by atoms with Crippen LogP contribution in [-0.4, -0.2) is 0 Å². The average molecular weight is 147 g/mol. The SMILES string of the molecule is C[C](C)c1ccc(C)cc1C. The molecule has 0 heteroatoms. The van der Waals surface area contributed by atoms with Crippen molar-refractivity contribution in [3.05, 3.63) is 40.8 Å². The Labute approximate surface area is 69.3 Å². The van der Waals surface area contributed by atoms with Crippen molar-refractivity contribution in [1.82, 2.24) is 0 Å². The Morgan fingerprint density at radius 2 is 1.73 bits per heavy atom. The molecule has 1 rings (SSSR count). The van der Waals surface area contributed by atoms with E-state index >= 15 is 0 Å². The highest BCUT2D eigenvalue weighted by atomic mass is 14.1. The summed E-state index contributed by atoms with van der Waals surface area (Å²) < 4.78 is 0. The van der Waals surface area contributed by atoms with Gasteiger partial charge in [0.15, 0.2) is 0 Å². The number of aryl methyl sites for hydroxylation is 2. The minimum Gasteiger partial charge on any atom is -0.0590 e. The summed E-state index contributed by atoms with van der Waals surface area (Å²) in [6.07, 6.45) is 0. The standard InChI is InChI=1S/C11H15/c1-8(2)11-6-5-9(3)7-10(11)4/h5-7H,1-4H3. The van der Waals surface area contributed by atoms with Gasteiger partial charge in [-0.3, -0.25) is 0 Å². The largest absolute Gasteiger partial charge is 0.0590 e. The fourth-order valence-corrected chi connectivity index (χ4v) is 1.37. The Hall–Kier alpha value is -0.780. The molecule has 0 fully saturated rings. The van der Waals surface area contributed by atoms with Gasteiger partial charge in [-0.05, 0) is 30.9 Å². The average Bonchev–Trinajstić information content (AvgIpc) is 1.85. The lowest BCUT2D eigenvalue weighted by atomic mass is 9.97. The van der Waals surface area contributed by atoms with Crippen LogP contribution in [0.1, 0.15) is 30.5 Å². The Morgan fingerprint density at radius 1 is 1.09 bits per heavy atom. The van der Waals surface area contributed by atoms with E-state index in [4.69, 9.17) is 0 Å².